The van der Waals surface area contributed by atoms with Gasteiger partial charge >= 0.3 is 0 Å². The maximum atomic E-state index is 4.33. The van der Waals surface area contributed by atoms with Crippen molar-refractivity contribution in [3.8, 4) is 0 Å². The van der Waals surface area contributed by atoms with Crippen LogP contribution in [0.4, 0.5) is 0 Å². The van der Waals surface area contributed by atoms with Crippen molar-refractivity contribution >= 4 is 0 Å². The number of H-pyrrole nitrogens is 1. The van der Waals surface area contributed by atoms with Crippen molar-refractivity contribution in [2.75, 3.05) is 0 Å². The Hall–Kier alpha value is -0.790. The fourth-order valence-corrected chi connectivity index (χ4v) is 2.02. The summed E-state index contributed by atoms with van der Waals surface area (Å²) in [7, 11) is 0. The smallest absolute Gasteiger partial charge is 0.0654 e. The van der Waals surface area contributed by atoms with Crippen LogP contribution < -0.4 is 0 Å². The van der Waals surface area contributed by atoms with Crippen LogP contribution in [0.5, 0.6) is 0 Å². The Labute approximate surface area is 73.4 Å². The molecule has 0 saturated heterocycles. The summed E-state index contributed by atoms with van der Waals surface area (Å²) in [6.07, 6.45) is 7.59. The van der Waals surface area contributed by atoms with Crippen LogP contribution in [0.3, 0.4) is 0 Å². The molecule has 0 unspecified atom stereocenters. The summed E-state index contributed by atoms with van der Waals surface area (Å²) in [6.45, 7) is 2.18. The van der Waals surface area contributed by atoms with Crippen LogP contribution in [0.2, 0.25) is 0 Å². The topological polar surface area (TPSA) is 28.7 Å². The van der Waals surface area contributed by atoms with E-state index in [4.69, 9.17) is 0 Å². The highest BCUT2D eigenvalue weighted by Gasteiger charge is 2.13. The lowest BCUT2D eigenvalue weighted by atomic mass is 10.1. The van der Waals surface area contributed by atoms with Crippen molar-refractivity contribution < 1.29 is 0 Å². The third-order valence-electron chi connectivity index (χ3n) is 2.73. The predicted molar refractivity (Wildman–Crippen MR) is 49.2 cm³/mol. The zero-order chi connectivity index (χ0) is 8.39. The molecule has 1 aliphatic carbocycles. The molecule has 2 heteroatoms. The first-order chi connectivity index (χ1) is 5.92. The zero-order valence-corrected chi connectivity index (χ0v) is 7.69. The van der Waals surface area contributed by atoms with Gasteiger partial charge in [0.25, 0.3) is 0 Å². The normalized spacial score (nSPS) is 17.1. The zero-order valence-electron chi connectivity index (χ0n) is 7.69. The molecule has 0 bridgehead atoms. The second kappa shape index (κ2) is 3.30. The average molecular weight is 164 g/mol. The van der Waals surface area contributed by atoms with Crippen LogP contribution in [0.25, 0.3) is 0 Å². The standard InChI is InChI=1S/C10H16N2/c1-2-9-8-6-4-3-5-7-10(8)12-11-9/h2-7H2,1H3,(H,11,12). The third-order valence-corrected chi connectivity index (χ3v) is 2.73. The van der Waals surface area contributed by atoms with Gasteiger partial charge in [-0.25, -0.2) is 0 Å². The van der Waals surface area contributed by atoms with E-state index in [1.807, 2.05) is 0 Å². The minimum Gasteiger partial charge on any atom is -0.282 e. The number of hydrogen-bond acceptors (Lipinski definition) is 1. The fraction of sp³-hybridized carbons (Fsp3) is 0.700. The third kappa shape index (κ3) is 1.26. The molecule has 0 spiro atoms. The van der Waals surface area contributed by atoms with Crippen molar-refractivity contribution in [3.05, 3.63) is 17.0 Å². The average Bonchev–Trinajstić information content (AvgIpc) is 2.33. The molecule has 0 radical (unpaired) electrons. The molecule has 0 aromatic carbocycles. The van der Waals surface area contributed by atoms with Gasteiger partial charge in [0, 0.05) is 5.69 Å². The molecule has 66 valence electrons. The summed E-state index contributed by atoms with van der Waals surface area (Å²) < 4.78 is 0. The van der Waals surface area contributed by atoms with Crippen molar-refractivity contribution in [2.45, 2.75) is 45.4 Å². The van der Waals surface area contributed by atoms with Crippen molar-refractivity contribution in [1.82, 2.24) is 10.2 Å². The summed E-state index contributed by atoms with van der Waals surface area (Å²) >= 11 is 0. The summed E-state index contributed by atoms with van der Waals surface area (Å²) in [5.41, 5.74) is 4.23. The van der Waals surface area contributed by atoms with Gasteiger partial charge in [-0.2, -0.15) is 5.10 Å². The van der Waals surface area contributed by atoms with Crippen molar-refractivity contribution in [3.63, 3.8) is 0 Å². The number of nitrogens with one attached hydrogen (secondary N) is 1. The van der Waals surface area contributed by atoms with Gasteiger partial charge in [0.05, 0.1) is 5.69 Å². The molecule has 1 aromatic rings. The minimum atomic E-state index is 1.08. The monoisotopic (exact) mass is 164 g/mol. The van der Waals surface area contributed by atoms with E-state index in [1.54, 1.807) is 0 Å². The van der Waals surface area contributed by atoms with Gasteiger partial charge in [-0.15, -0.1) is 0 Å². The minimum absolute atomic E-state index is 1.08. The van der Waals surface area contributed by atoms with Gasteiger partial charge in [-0.05, 0) is 37.7 Å². The lowest BCUT2D eigenvalue weighted by Crippen LogP contribution is -1.90. The number of hydrogen-bond donors (Lipinski definition) is 1. The van der Waals surface area contributed by atoms with Gasteiger partial charge in [-0.1, -0.05) is 13.3 Å². The maximum Gasteiger partial charge on any atom is 0.0654 e. The molecule has 0 atom stereocenters. The van der Waals surface area contributed by atoms with Gasteiger partial charge in [0.1, 0.15) is 0 Å². The number of nitrogens with zero attached hydrogens (tertiary/aromatic N) is 1. The van der Waals surface area contributed by atoms with Crippen LogP contribution in [-0.4, -0.2) is 10.2 Å². The highest BCUT2D eigenvalue weighted by atomic mass is 15.1. The molecule has 2 rings (SSSR count). The molecule has 1 N–H and O–H groups in total. The van der Waals surface area contributed by atoms with Gasteiger partial charge in [-0.3, -0.25) is 5.10 Å². The predicted octanol–water partition coefficient (Wildman–Crippen LogP) is 2.24. The molecule has 1 heterocycles. The largest absolute Gasteiger partial charge is 0.282 e. The van der Waals surface area contributed by atoms with Crippen LogP contribution in [-0.2, 0) is 19.3 Å². The van der Waals surface area contributed by atoms with E-state index in [0.717, 1.165) is 6.42 Å². The van der Waals surface area contributed by atoms with Gasteiger partial charge < -0.3 is 0 Å². The Morgan fingerprint density at radius 1 is 1.25 bits per heavy atom. The highest BCUT2D eigenvalue weighted by Crippen LogP contribution is 2.21. The summed E-state index contributed by atoms with van der Waals surface area (Å²) in [5, 5.41) is 7.50. The Kier molecular flexibility index (Phi) is 2.15. The highest BCUT2D eigenvalue weighted by molar-refractivity contribution is 5.26. The number of rotatable bonds is 1. The maximum absolute atomic E-state index is 4.33. The van der Waals surface area contributed by atoms with Gasteiger partial charge in [0.15, 0.2) is 0 Å². The number of aromatic nitrogens is 2. The van der Waals surface area contributed by atoms with E-state index in [9.17, 15) is 0 Å². The van der Waals surface area contributed by atoms with Gasteiger partial charge in [0.2, 0.25) is 0 Å². The van der Waals surface area contributed by atoms with Crippen LogP contribution in [0, 0.1) is 0 Å². The number of aryl methyl sites for hydroxylation is 2. The molecule has 1 aliphatic rings. The molecule has 12 heavy (non-hydrogen) atoms. The first-order valence-corrected chi connectivity index (χ1v) is 4.96. The number of aromatic amines is 1. The van der Waals surface area contributed by atoms with Crippen LogP contribution in [0.1, 0.15) is 43.1 Å². The molecule has 1 aromatic heterocycles. The van der Waals surface area contributed by atoms with E-state index in [1.165, 1.54) is 49.1 Å². The molecule has 0 aliphatic heterocycles. The van der Waals surface area contributed by atoms with Crippen molar-refractivity contribution in [1.29, 1.82) is 0 Å². The molecule has 2 nitrogen and oxygen atoms in total. The second-order valence-corrected chi connectivity index (χ2v) is 3.54. The van der Waals surface area contributed by atoms with E-state index in [-0.39, 0.29) is 0 Å². The van der Waals surface area contributed by atoms with E-state index in [0.29, 0.717) is 0 Å². The quantitative estimate of drug-likeness (QED) is 0.633. The van der Waals surface area contributed by atoms with E-state index >= 15 is 0 Å². The van der Waals surface area contributed by atoms with Crippen LogP contribution >= 0.6 is 0 Å². The molecule has 0 amide bonds. The SMILES string of the molecule is CCc1n[nH]c2c1CCCCC2. The lowest BCUT2D eigenvalue weighted by Gasteiger charge is -1.97. The summed E-state index contributed by atoms with van der Waals surface area (Å²) in [4.78, 5) is 0. The van der Waals surface area contributed by atoms with Crippen LogP contribution in [0.15, 0.2) is 0 Å². The number of fused-ring (bicyclic) bond motifs is 1. The van der Waals surface area contributed by atoms with E-state index in [2.05, 4.69) is 17.1 Å². The first-order valence-electron chi connectivity index (χ1n) is 4.96. The Bertz CT molecular complexity index is 263. The summed E-state index contributed by atoms with van der Waals surface area (Å²) in [5.74, 6) is 0. The Morgan fingerprint density at radius 3 is 2.92 bits per heavy atom. The molecular weight excluding hydrogens is 148 g/mol. The first kappa shape index (κ1) is 7.84. The Balaban J connectivity index is 2.32. The fourth-order valence-electron chi connectivity index (χ4n) is 2.02. The molecule has 0 fully saturated rings. The van der Waals surface area contributed by atoms with E-state index < -0.39 is 0 Å². The molecule has 0 saturated carbocycles. The summed E-state index contributed by atoms with van der Waals surface area (Å²) in [6, 6.07) is 0. The molecular formula is C10H16N2. The van der Waals surface area contributed by atoms with Crippen molar-refractivity contribution in [2.24, 2.45) is 0 Å². The Morgan fingerprint density at radius 2 is 2.08 bits per heavy atom. The lowest BCUT2D eigenvalue weighted by molar-refractivity contribution is 0.699. The second-order valence-electron chi connectivity index (χ2n) is 3.54.